The first-order valence-electron chi connectivity index (χ1n) is 10.2. The Morgan fingerprint density at radius 1 is 1.00 bits per heavy atom. The lowest BCUT2D eigenvalue weighted by atomic mass is 10.2. The van der Waals surface area contributed by atoms with Crippen LogP contribution in [0, 0.1) is 6.92 Å². The molecule has 154 valence electrons. The smallest absolute Gasteiger partial charge is 0.138 e. The van der Waals surface area contributed by atoms with E-state index in [1.165, 1.54) is 0 Å². The molecule has 0 aliphatic carbocycles. The van der Waals surface area contributed by atoms with Crippen LogP contribution in [0.3, 0.4) is 0 Å². The Hall–Kier alpha value is -3.09. The predicted molar refractivity (Wildman–Crippen MR) is 116 cm³/mol. The number of pyridine rings is 1. The number of hydrogen-bond acceptors (Lipinski definition) is 6. The second-order valence-electron chi connectivity index (χ2n) is 7.45. The molecule has 6 heteroatoms. The molecule has 6 nitrogen and oxygen atoms in total. The molecule has 0 spiro atoms. The highest BCUT2D eigenvalue weighted by Gasteiger charge is 2.11. The second kappa shape index (κ2) is 8.34. The molecule has 1 aliphatic rings. The molecule has 5 rings (SSSR count). The minimum atomic E-state index is 0.643. The van der Waals surface area contributed by atoms with Crippen LogP contribution in [0.25, 0.3) is 21.9 Å². The lowest BCUT2D eigenvalue weighted by Gasteiger charge is -2.26. The number of rotatable bonds is 6. The van der Waals surface area contributed by atoms with Gasteiger partial charge in [-0.2, -0.15) is 0 Å². The molecule has 1 aliphatic heterocycles. The molecule has 30 heavy (non-hydrogen) atoms. The Morgan fingerprint density at radius 3 is 2.77 bits per heavy atom. The van der Waals surface area contributed by atoms with Crippen LogP contribution in [0.2, 0.25) is 0 Å². The van der Waals surface area contributed by atoms with Gasteiger partial charge < -0.3 is 18.6 Å². The number of benzene rings is 2. The molecular formula is C24H24N2O4. The molecule has 2 aromatic carbocycles. The van der Waals surface area contributed by atoms with Crippen molar-refractivity contribution in [3.63, 3.8) is 0 Å². The van der Waals surface area contributed by atoms with Crippen molar-refractivity contribution in [1.82, 2.24) is 9.88 Å². The lowest BCUT2D eigenvalue weighted by Crippen LogP contribution is -2.38. The third kappa shape index (κ3) is 4.10. The van der Waals surface area contributed by atoms with Gasteiger partial charge in [-0.05, 0) is 43.3 Å². The van der Waals surface area contributed by atoms with Crippen molar-refractivity contribution in [1.29, 1.82) is 0 Å². The van der Waals surface area contributed by atoms with E-state index in [9.17, 15) is 0 Å². The Labute approximate surface area is 175 Å². The Morgan fingerprint density at radius 2 is 1.87 bits per heavy atom. The van der Waals surface area contributed by atoms with Crippen LogP contribution in [-0.4, -0.2) is 49.3 Å². The van der Waals surface area contributed by atoms with Gasteiger partial charge in [0.25, 0.3) is 0 Å². The Bertz CT molecular complexity index is 1160. The summed E-state index contributed by atoms with van der Waals surface area (Å²) in [6.07, 6.45) is 1.75. The maximum absolute atomic E-state index is 6.15. The number of aromatic nitrogens is 1. The monoisotopic (exact) mass is 404 g/mol. The fourth-order valence-electron chi connectivity index (χ4n) is 3.73. The van der Waals surface area contributed by atoms with Gasteiger partial charge in [0.05, 0.1) is 18.7 Å². The van der Waals surface area contributed by atoms with E-state index >= 15 is 0 Å². The van der Waals surface area contributed by atoms with Gasteiger partial charge in [0.2, 0.25) is 0 Å². The normalized spacial score (nSPS) is 15.0. The summed E-state index contributed by atoms with van der Waals surface area (Å²) in [6.45, 7) is 7.01. The zero-order valence-electron chi connectivity index (χ0n) is 17.0. The molecule has 1 fully saturated rings. The van der Waals surface area contributed by atoms with Crippen molar-refractivity contribution in [3.05, 3.63) is 60.5 Å². The third-order valence-corrected chi connectivity index (χ3v) is 5.30. The van der Waals surface area contributed by atoms with Crippen molar-refractivity contribution in [2.24, 2.45) is 0 Å². The SMILES string of the molecule is Cc1cc2ccc(Oc3ccnc4cc(OCCN5CCOCC5)ccc34)cc2o1. The van der Waals surface area contributed by atoms with Gasteiger partial charge in [-0.25, -0.2) is 0 Å². The minimum absolute atomic E-state index is 0.643. The number of furan rings is 1. The molecule has 2 aromatic heterocycles. The van der Waals surface area contributed by atoms with E-state index < -0.39 is 0 Å². The molecule has 0 radical (unpaired) electrons. The van der Waals surface area contributed by atoms with E-state index in [2.05, 4.69) is 9.88 Å². The largest absolute Gasteiger partial charge is 0.492 e. The molecule has 3 heterocycles. The van der Waals surface area contributed by atoms with E-state index in [1.807, 2.05) is 55.5 Å². The quantitative estimate of drug-likeness (QED) is 0.460. The van der Waals surface area contributed by atoms with Gasteiger partial charge in [-0.1, -0.05) is 0 Å². The van der Waals surface area contributed by atoms with Gasteiger partial charge in [0.15, 0.2) is 0 Å². The zero-order valence-corrected chi connectivity index (χ0v) is 17.0. The standard InChI is InChI=1S/C24H24N2O4/c1-17-14-18-2-3-20(16-24(18)29-17)30-23-6-7-25-22-15-19(4-5-21(22)23)28-13-10-26-8-11-27-12-9-26/h2-7,14-16H,8-13H2,1H3. The zero-order chi connectivity index (χ0) is 20.3. The summed E-state index contributed by atoms with van der Waals surface area (Å²) in [5.41, 5.74) is 1.66. The van der Waals surface area contributed by atoms with Gasteiger partial charge in [0, 0.05) is 48.7 Å². The fourth-order valence-corrected chi connectivity index (χ4v) is 3.73. The van der Waals surface area contributed by atoms with Gasteiger partial charge >= 0.3 is 0 Å². The maximum atomic E-state index is 6.15. The third-order valence-electron chi connectivity index (χ3n) is 5.30. The number of ether oxygens (including phenoxy) is 3. The van der Waals surface area contributed by atoms with Crippen LogP contribution in [-0.2, 0) is 4.74 Å². The first-order valence-corrected chi connectivity index (χ1v) is 10.2. The topological polar surface area (TPSA) is 57.0 Å². The Balaban J connectivity index is 1.30. The molecule has 0 unspecified atom stereocenters. The van der Waals surface area contributed by atoms with Crippen molar-refractivity contribution in [2.75, 3.05) is 39.5 Å². The van der Waals surface area contributed by atoms with Gasteiger partial charge in [-0.3, -0.25) is 9.88 Å². The highest BCUT2D eigenvalue weighted by molar-refractivity contribution is 5.86. The summed E-state index contributed by atoms with van der Waals surface area (Å²) in [6, 6.07) is 15.7. The van der Waals surface area contributed by atoms with Crippen molar-refractivity contribution >= 4 is 21.9 Å². The van der Waals surface area contributed by atoms with E-state index in [1.54, 1.807) is 6.20 Å². The average Bonchev–Trinajstić information content (AvgIpc) is 3.14. The average molecular weight is 404 g/mol. The summed E-state index contributed by atoms with van der Waals surface area (Å²) < 4.78 is 23.2. The highest BCUT2D eigenvalue weighted by Crippen LogP contribution is 2.32. The van der Waals surface area contributed by atoms with Crippen LogP contribution >= 0.6 is 0 Å². The van der Waals surface area contributed by atoms with E-state index in [4.69, 9.17) is 18.6 Å². The number of aryl methyl sites for hydroxylation is 1. The number of morpholine rings is 1. The van der Waals surface area contributed by atoms with Crippen molar-refractivity contribution < 1.29 is 18.6 Å². The molecule has 0 N–H and O–H groups in total. The molecular weight excluding hydrogens is 380 g/mol. The van der Waals surface area contributed by atoms with Crippen LogP contribution in [0.1, 0.15) is 5.76 Å². The molecule has 0 amide bonds. The summed E-state index contributed by atoms with van der Waals surface area (Å²) in [7, 11) is 0. The second-order valence-corrected chi connectivity index (χ2v) is 7.45. The molecule has 0 saturated carbocycles. The van der Waals surface area contributed by atoms with Crippen molar-refractivity contribution in [2.45, 2.75) is 6.92 Å². The molecule has 1 saturated heterocycles. The predicted octanol–water partition coefficient (Wildman–Crippen LogP) is 4.79. The summed E-state index contributed by atoms with van der Waals surface area (Å²) in [4.78, 5) is 6.84. The molecule has 0 bridgehead atoms. The Kier molecular flexibility index (Phi) is 5.26. The lowest BCUT2D eigenvalue weighted by molar-refractivity contribution is 0.0322. The molecule has 4 aromatic rings. The summed E-state index contributed by atoms with van der Waals surface area (Å²) in [5.74, 6) is 3.18. The maximum Gasteiger partial charge on any atom is 0.138 e. The first kappa shape index (κ1) is 18.9. The van der Waals surface area contributed by atoms with Gasteiger partial charge in [0.1, 0.15) is 35.2 Å². The van der Waals surface area contributed by atoms with E-state index in [0.29, 0.717) is 6.61 Å². The molecule has 0 atom stereocenters. The first-order chi connectivity index (χ1) is 14.7. The minimum Gasteiger partial charge on any atom is -0.492 e. The van der Waals surface area contributed by atoms with Crippen LogP contribution < -0.4 is 9.47 Å². The van der Waals surface area contributed by atoms with Crippen LogP contribution in [0.4, 0.5) is 0 Å². The summed E-state index contributed by atoms with van der Waals surface area (Å²) in [5, 5.41) is 2.01. The fraction of sp³-hybridized carbons (Fsp3) is 0.292. The van der Waals surface area contributed by atoms with Crippen LogP contribution in [0.5, 0.6) is 17.2 Å². The van der Waals surface area contributed by atoms with Gasteiger partial charge in [-0.15, -0.1) is 0 Å². The number of nitrogens with zero attached hydrogens (tertiary/aromatic N) is 2. The number of fused-ring (bicyclic) bond motifs is 2. The highest BCUT2D eigenvalue weighted by atomic mass is 16.5. The van der Waals surface area contributed by atoms with E-state index in [-0.39, 0.29) is 0 Å². The summed E-state index contributed by atoms with van der Waals surface area (Å²) >= 11 is 0. The van der Waals surface area contributed by atoms with Crippen molar-refractivity contribution in [3.8, 4) is 17.2 Å². The number of hydrogen-bond donors (Lipinski definition) is 0. The van der Waals surface area contributed by atoms with E-state index in [0.717, 1.165) is 77.7 Å². The van der Waals surface area contributed by atoms with Crippen LogP contribution in [0.15, 0.2) is 59.1 Å².